The van der Waals surface area contributed by atoms with Gasteiger partial charge < -0.3 is 0 Å². The van der Waals surface area contributed by atoms with Crippen LogP contribution >= 0.6 is 0 Å². The fourth-order valence-corrected chi connectivity index (χ4v) is 6.97. The zero-order chi connectivity index (χ0) is 18.6. The van der Waals surface area contributed by atoms with Crippen LogP contribution in [0.2, 0.25) is 0 Å². The van der Waals surface area contributed by atoms with E-state index in [4.69, 9.17) is 5.26 Å². The van der Waals surface area contributed by atoms with Gasteiger partial charge in [-0.15, -0.1) is 0 Å². The van der Waals surface area contributed by atoms with E-state index in [-0.39, 0.29) is 27.5 Å². The molecule has 0 spiro atoms. The van der Waals surface area contributed by atoms with Crippen LogP contribution < -0.4 is 24.6 Å². The van der Waals surface area contributed by atoms with E-state index in [1.54, 1.807) is 12.3 Å². The molecular weight excluding hydrogens is 449 g/mol. The molecule has 2 fully saturated rings. The van der Waals surface area contributed by atoms with Gasteiger partial charge in [-0.25, -0.2) is 0 Å². The summed E-state index contributed by atoms with van der Waals surface area (Å²) in [5, 5.41) is 18.4. The van der Waals surface area contributed by atoms with Gasteiger partial charge in [0.25, 0.3) is 0 Å². The molecule has 0 aliphatic carbocycles. The number of fused-ring (bicyclic) bond motifs is 1. The number of benzene rings is 1. The van der Waals surface area contributed by atoms with Gasteiger partial charge in [0.2, 0.25) is 0 Å². The van der Waals surface area contributed by atoms with Crippen molar-refractivity contribution in [3.05, 3.63) is 59.3 Å². The van der Waals surface area contributed by atoms with E-state index in [0.29, 0.717) is 15.2 Å². The molecular formula is C21H17IN5-. The molecule has 2 atom stereocenters. The van der Waals surface area contributed by atoms with Crippen LogP contribution in [0.4, 0.5) is 5.82 Å². The number of nitriles is 2. The number of pyridine rings is 1. The number of nitrogens with zero attached hydrogens (tertiary/aromatic N) is 5. The van der Waals surface area contributed by atoms with Crippen LogP contribution in [0.1, 0.15) is 29.5 Å². The van der Waals surface area contributed by atoms with Crippen molar-refractivity contribution in [3.63, 3.8) is 0 Å². The number of aromatic nitrogens is 1. The van der Waals surface area contributed by atoms with Crippen LogP contribution in [0.15, 0.2) is 42.6 Å². The van der Waals surface area contributed by atoms with Crippen molar-refractivity contribution >= 4 is 5.82 Å². The number of halogens is 1. The van der Waals surface area contributed by atoms with Crippen LogP contribution in [0.25, 0.3) is 0 Å². The maximum atomic E-state index is 9.34. The van der Waals surface area contributed by atoms with Crippen LogP contribution in [0.5, 0.6) is 0 Å². The van der Waals surface area contributed by atoms with Gasteiger partial charge in [-0.05, 0) is 0 Å². The molecule has 0 amide bonds. The topological polar surface area (TPSA) is 67.0 Å². The summed E-state index contributed by atoms with van der Waals surface area (Å²) < 4.78 is 2.89. The van der Waals surface area contributed by atoms with Crippen molar-refractivity contribution in [3.8, 4) is 24.0 Å². The van der Waals surface area contributed by atoms with Crippen molar-refractivity contribution in [2.75, 3.05) is 16.2 Å². The summed E-state index contributed by atoms with van der Waals surface area (Å²) in [6.07, 6.45) is 4.00. The van der Waals surface area contributed by atoms with E-state index in [1.165, 1.54) is 0 Å². The molecule has 3 heterocycles. The van der Waals surface area contributed by atoms with Gasteiger partial charge in [0.1, 0.15) is 0 Å². The summed E-state index contributed by atoms with van der Waals surface area (Å²) in [4.78, 5) is 6.98. The summed E-state index contributed by atoms with van der Waals surface area (Å²) in [5.41, 5.74) is 2.21. The number of alkyl halides is 1. The zero-order valence-electron chi connectivity index (χ0n) is 14.6. The number of anilines is 1. The Morgan fingerprint density at radius 2 is 1.93 bits per heavy atom. The molecule has 27 heavy (non-hydrogen) atoms. The molecule has 4 rings (SSSR count). The van der Waals surface area contributed by atoms with Crippen molar-refractivity contribution in [1.29, 1.82) is 10.5 Å². The van der Waals surface area contributed by atoms with Crippen LogP contribution in [-0.2, 0) is 0 Å². The summed E-state index contributed by atoms with van der Waals surface area (Å²) in [5.74, 6) is 7.52. The van der Waals surface area contributed by atoms with Crippen molar-refractivity contribution in [2.45, 2.75) is 22.9 Å². The first-order chi connectivity index (χ1) is 13.3. The maximum absolute atomic E-state index is 9.34. The molecule has 2 saturated heterocycles. The predicted molar refractivity (Wildman–Crippen MR) is 97.8 cm³/mol. The Morgan fingerprint density at radius 1 is 1.04 bits per heavy atom. The summed E-state index contributed by atoms with van der Waals surface area (Å²) in [6.45, 7) is 1.85. The second-order valence-corrected chi connectivity index (χ2v) is 9.56. The Kier molecular flexibility index (Phi) is 5.25. The molecule has 1 aromatic carbocycles. The summed E-state index contributed by atoms with van der Waals surface area (Å²) in [7, 11) is 0. The summed E-state index contributed by atoms with van der Waals surface area (Å²) >= 11 is -0.263. The van der Waals surface area contributed by atoms with Gasteiger partial charge in [-0.2, -0.15) is 0 Å². The minimum absolute atomic E-state index is 0.263. The fourth-order valence-electron chi connectivity index (χ4n) is 3.43. The molecule has 2 aliphatic rings. The Labute approximate surface area is 169 Å². The quantitative estimate of drug-likeness (QED) is 0.186. The molecule has 2 aromatic rings. The predicted octanol–water partition coefficient (Wildman–Crippen LogP) is -0.509. The van der Waals surface area contributed by atoms with Crippen LogP contribution in [0.3, 0.4) is 0 Å². The summed E-state index contributed by atoms with van der Waals surface area (Å²) in [6, 6.07) is 15.8. The zero-order valence-corrected chi connectivity index (χ0v) is 16.8. The standard InChI is InChI=1S/C21H17IN5/c23-14-17-4-1-3-16(13-17)6-7-19-8-9-20-22-27(12-11-26(19)20)21-18(15-24)5-2-10-25-21/h1-5,10,13,19-20H,8-9,11-12H2/q-1/t19-,20-/m1/s1. The Hall–Kier alpha value is -2.60. The number of hydrogen-bond donors (Lipinski definition) is 0. The SMILES string of the molecule is N#Cc1cccc(C#C[C@@H]2CC[C@@H]3[I-]N(c4ncccc4C#N)CCN23)c1. The molecule has 2 aliphatic heterocycles. The molecule has 0 bridgehead atoms. The first-order valence-electron chi connectivity index (χ1n) is 8.82. The Balaban J connectivity index is 1.47. The van der Waals surface area contributed by atoms with Gasteiger partial charge in [-0.3, -0.25) is 0 Å². The second-order valence-electron chi connectivity index (χ2n) is 6.40. The van der Waals surface area contributed by atoms with Gasteiger partial charge in [-0.1, -0.05) is 0 Å². The number of rotatable bonds is 1. The monoisotopic (exact) mass is 466 g/mol. The van der Waals surface area contributed by atoms with Gasteiger partial charge >= 0.3 is 170 Å². The van der Waals surface area contributed by atoms with E-state index in [9.17, 15) is 5.26 Å². The average molecular weight is 466 g/mol. The third-order valence-electron chi connectivity index (χ3n) is 4.74. The second kappa shape index (κ2) is 7.96. The van der Waals surface area contributed by atoms with Crippen LogP contribution in [0, 0.1) is 34.5 Å². The van der Waals surface area contributed by atoms with Gasteiger partial charge in [0.15, 0.2) is 0 Å². The van der Waals surface area contributed by atoms with Crippen LogP contribution in [-0.4, -0.2) is 33.1 Å². The Morgan fingerprint density at radius 3 is 2.78 bits per heavy atom. The fraction of sp³-hybridized carbons (Fsp3) is 0.286. The van der Waals surface area contributed by atoms with E-state index in [2.05, 4.69) is 37.0 Å². The molecule has 0 unspecified atom stereocenters. The van der Waals surface area contributed by atoms with E-state index < -0.39 is 0 Å². The molecule has 134 valence electrons. The first-order valence-corrected chi connectivity index (χ1v) is 11.0. The van der Waals surface area contributed by atoms with Crippen molar-refractivity contribution in [1.82, 2.24) is 9.88 Å². The average Bonchev–Trinajstić information content (AvgIpc) is 3.14. The minimum atomic E-state index is -0.263. The van der Waals surface area contributed by atoms with Crippen molar-refractivity contribution < 1.29 is 21.5 Å². The molecule has 1 aromatic heterocycles. The molecule has 0 radical (unpaired) electrons. The molecule has 5 nitrogen and oxygen atoms in total. The van der Waals surface area contributed by atoms with E-state index in [0.717, 1.165) is 37.3 Å². The molecule has 0 N–H and O–H groups in total. The third-order valence-corrected chi connectivity index (χ3v) is 8.33. The number of hydrogen-bond acceptors (Lipinski definition) is 5. The molecule has 6 heteroatoms. The van der Waals surface area contributed by atoms with Gasteiger partial charge in [0, 0.05) is 0 Å². The van der Waals surface area contributed by atoms with E-state index in [1.807, 2.05) is 30.3 Å². The van der Waals surface area contributed by atoms with E-state index >= 15 is 0 Å². The van der Waals surface area contributed by atoms with Gasteiger partial charge in [0.05, 0.1) is 0 Å². The Bertz CT molecular complexity index is 994. The normalized spacial score (nSPS) is 21.8. The third kappa shape index (κ3) is 3.76. The first kappa shape index (κ1) is 17.8. The molecule has 0 saturated carbocycles. The van der Waals surface area contributed by atoms with Crippen molar-refractivity contribution in [2.24, 2.45) is 0 Å².